The van der Waals surface area contributed by atoms with E-state index in [1.54, 1.807) is 35.9 Å². The van der Waals surface area contributed by atoms with Gasteiger partial charge in [-0.25, -0.2) is 0 Å². The summed E-state index contributed by atoms with van der Waals surface area (Å²) < 4.78 is 18.2. The number of carbonyl (C=O) groups is 1. The third kappa shape index (κ3) is 4.92. The first-order valence-corrected chi connectivity index (χ1v) is 12.1. The minimum absolute atomic E-state index is 0.0409. The number of methoxy groups -OCH3 is 2. The maximum absolute atomic E-state index is 13.9. The summed E-state index contributed by atoms with van der Waals surface area (Å²) in [6, 6.07) is 11.0. The topological polar surface area (TPSA) is 93.4 Å². The molecule has 2 N–H and O–H groups in total. The summed E-state index contributed by atoms with van der Waals surface area (Å²) >= 11 is 0. The third-order valence-corrected chi connectivity index (χ3v) is 6.69. The minimum Gasteiger partial charge on any atom is -0.503 e. The summed E-state index contributed by atoms with van der Waals surface area (Å²) in [4.78, 5) is 16.2. The molecule has 0 aliphatic carbocycles. The SMILES string of the molecule is COc1cccc(-c2c(C(=O)c3cc(C)ccc3C)c(O)c(O)n2CCCN2CCOCC2)c1OC. The molecule has 8 nitrogen and oxygen atoms in total. The van der Waals surface area contributed by atoms with Crippen molar-refractivity contribution in [2.75, 3.05) is 47.1 Å². The van der Waals surface area contributed by atoms with Gasteiger partial charge in [0.2, 0.25) is 5.88 Å². The second kappa shape index (κ2) is 11.1. The average Bonchev–Trinajstić information content (AvgIpc) is 3.14. The lowest BCUT2D eigenvalue weighted by Crippen LogP contribution is -2.37. The predicted molar refractivity (Wildman–Crippen MR) is 138 cm³/mol. The van der Waals surface area contributed by atoms with E-state index in [4.69, 9.17) is 14.2 Å². The van der Waals surface area contributed by atoms with Crippen LogP contribution in [0.3, 0.4) is 0 Å². The van der Waals surface area contributed by atoms with E-state index >= 15 is 0 Å². The van der Waals surface area contributed by atoms with Crippen LogP contribution < -0.4 is 9.47 Å². The van der Waals surface area contributed by atoms with Gasteiger partial charge in [0.25, 0.3) is 0 Å². The van der Waals surface area contributed by atoms with Crippen LogP contribution in [0.4, 0.5) is 0 Å². The highest BCUT2D eigenvalue weighted by atomic mass is 16.5. The highest BCUT2D eigenvalue weighted by Crippen LogP contribution is 2.47. The normalized spacial score (nSPS) is 14.1. The Labute approximate surface area is 211 Å². The molecule has 1 aliphatic rings. The average molecular weight is 495 g/mol. The molecule has 192 valence electrons. The van der Waals surface area contributed by atoms with Crippen molar-refractivity contribution < 1.29 is 29.2 Å². The van der Waals surface area contributed by atoms with Gasteiger partial charge in [-0.3, -0.25) is 9.69 Å². The molecule has 36 heavy (non-hydrogen) atoms. The van der Waals surface area contributed by atoms with Crippen LogP contribution in [0.1, 0.15) is 33.5 Å². The molecule has 3 aromatic rings. The highest BCUT2D eigenvalue weighted by molar-refractivity contribution is 6.16. The van der Waals surface area contributed by atoms with E-state index in [2.05, 4.69) is 4.90 Å². The molecule has 4 rings (SSSR count). The van der Waals surface area contributed by atoms with Crippen LogP contribution in [0.5, 0.6) is 23.1 Å². The quantitative estimate of drug-likeness (QED) is 0.432. The van der Waals surface area contributed by atoms with Crippen LogP contribution >= 0.6 is 0 Å². The molecular formula is C28H34N2O6. The Balaban J connectivity index is 1.84. The van der Waals surface area contributed by atoms with Gasteiger partial charge in [-0.15, -0.1) is 0 Å². The zero-order valence-electron chi connectivity index (χ0n) is 21.3. The Morgan fingerprint density at radius 1 is 1.03 bits per heavy atom. The van der Waals surface area contributed by atoms with Gasteiger partial charge in [0.05, 0.1) is 38.7 Å². The molecule has 0 spiro atoms. The Hall–Kier alpha value is -3.49. The molecule has 8 heteroatoms. The number of hydrogen-bond donors (Lipinski definition) is 2. The van der Waals surface area contributed by atoms with Crippen molar-refractivity contribution in [3.8, 4) is 34.4 Å². The zero-order valence-corrected chi connectivity index (χ0v) is 21.3. The second-order valence-corrected chi connectivity index (χ2v) is 9.04. The summed E-state index contributed by atoms with van der Waals surface area (Å²) in [5.74, 6) is -0.240. The first kappa shape index (κ1) is 25.6. The van der Waals surface area contributed by atoms with E-state index in [-0.39, 0.29) is 17.2 Å². The monoisotopic (exact) mass is 494 g/mol. The van der Waals surface area contributed by atoms with E-state index in [9.17, 15) is 15.0 Å². The van der Waals surface area contributed by atoms with Crippen molar-refractivity contribution in [3.63, 3.8) is 0 Å². The molecule has 0 unspecified atom stereocenters. The van der Waals surface area contributed by atoms with Gasteiger partial charge in [0.15, 0.2) is 23.0 Å². The first-order valence-electron chi connectivity index (χ1n) is 12.1. The summed E-state index contributed by atoms with van der Waals surface area (Å²) in [5.41, 5.74) is 3.17. The molecule has 0 atom stereocenters. The lowest BCUT2D eigenvalue weighted by molar-refractivity contribution is 0.0369. The van der Waals surface area contributed by atoms with Gasteiger partial charge in [-0.05, 0) is 44.0 Å². The van der Waals surface area contributed by atoms with Gasteiger partial charge >= 0.3 is 0 Å². The largest absolute Gasteiger partial charge is 0.503 e. The fourth-order valence-electron chi connectivity index (χ4n) is 4.77. The predicted octanol–water partition coefficient (Wildman–Crippen LogP) is 4.15. The van der Waals surface area contributed by atoms with E-state index in [0.29, 0.717) is 54.5 Å². The number of aryl methyl sites for hydroxylation is 2. The molecular weight excluding hydrogens is 460 g/mol. The van der Waals surface area contributed by atoms with Gasteiger partial charge < -0.3 is 29.0 Å². The van der Waals surface area contributed by atoms with E-state index < -0.39 is 5.75 Å². The summed E-state index contributed by atoms with van der Waals surface area (Å²) in [6.07, 6.45) is 0.706. The molecule has 2 heterocycles. The fraction of sp³-hybridized carbons (Fsp3) is 0.393. The summed E-state index contributed by atoms with van der Waals surface area (Å²) in [5, 5.41) is 22.2. The Morgan fingerprint density at radius 2 is 1.78 bits per heavy atom. The minimum atomic E-state index is -0.438. The molecule has 2 aromatic carbocycles. The number of aromatic nitrogens is 1. The number of ether oxygens (including phenoxy) is 3. The maximum Gasteiger partial charge on any atom is 0.235 e. The van der Waals surface area contributed by atoms with Gasteiger partial charge in [-0.2, -0.15) is 0 Å². The second-order valence-electron chi connectivity index (χ2n) is 9.04. The number of ketones is 1. The number of carbonyl (C=O) groups excluding carboxylic acids is 1. The van der Waals surface area contributed by atoms with Crippen LogP contribution in [0.25, 0.3) is 11.3 Å². The smallest absolute Gasteiger partial charge is 0.235 e. The number of benzene rings is 2. The lowest BCUT2D eigenvalue weighted by Gasteiger charge is -2.26. The fourth-order valence-corrected chi connectivity index (χ4v) is 4.77. The lowest BCUT2D eigenvalue weighted by atomic mass is 9.94. The summed E-state index contributed by atoms with van der Waals surface area (Å²) in [6.45, 7) is 8.09. The summed E-state index contributed by atoms with van der Waals surface area (Å²) in [7, 11) is 3.07. The van der Waals surface area contributed by atoms with Gasteiger partial charge in [0.1, 0.15) is 0 Å². The molecule has 0 radical (unpaired) electrons. The molecule has 1 saturated heterocycles. The Morgan fingerprint density at radius 3 is 2.47 bits per heavy atom. The molecule has 1 fully saturated rings. The number of nitrogens with zero attached hydrogens (tertiary/aromatic N) is 2. The zero-order chi connectivity index (χ0) is 25.8. The van der Waals surface area contributed by atoms with Crippen molar-refractivity contribution >= 4 is 5.78 Å². The number of rotatable bonds is 9. The molecule has 1 aromatic heterocycles. The number of para-hydroxylation sites is 1. The van der Waals surface area contributed by atoms with Crippen molar-refractivity contribution in [2.24, 2.45) is 0 Å². The van der Waals surface area contributed by atoms with Crippen LogP contribution in [0.2, 0.25) is 0 Å². The maximum atomic E-state index is 13.9. The van der Waals surface area contributed by atoms with Crippen LogP contribution in [-0.2, 0) is 11.3 Å². The molecule has 0 amide bonds. The van der Waals surface area contributed by atoms with E-state index in [0.717, 1.165) is 30.8 Å². The third-order valence-electron chi connectivity index (χ3n) is 6.69. The number of morpholine rings is 1. The molecule has 1 aliphatic heterocycles. The van der Waals surface area contributed by atoms with Crippen molar-refractivity contribution in [3.05, 3.63) is 58.7 Å². The highest BCUT2D eigenvalue weighted by Gasteiger charge is 2.31. The van der Waals surface area contributed by atoms with E-state index in [1.165, 1.54) is 7.11 Å². The van der Waals surface area contributed by atoms with Crippen molar-refractivity contribution in [1.82, 2.24) is 9.47 Å². The van der Waals surface area contributed by atoms with Gasteiger partial charge in [0, 0.05) is 37.3 Å². The van der Waals surface area contributed by atoms with Crippen molar-refractivity contribution in [2.45, 2.75) is 26.8 Å². The first-order chi connectivity index (χ1) is 17.4. The van der Waals surface area contributed by atoms with Gasteiger partial charge in [-0.1, -0.05) is 23.8 Å². The number of aromatic hydroxyl groups is 2. The molecule has 0 bridgehead atoms. The number of hydrogen-bond acceptors (Lipinski definition) is 7. The van der Waals surface area contributed by atoms with E-state index in [1.807, 2.05) is 26.0 Å². The Bertz CT molecular complexity index is 1240. The van der Waals surface area contributed by atoms with Crippen LogP contribution in [-0.4, -0.2) is 72.5 Å². The molecule has 0 saturated carbocycles. The van der Waals surface area contributed by atoms with Crippen LogP contribution in [0, 0.1) is 13.8 Å². The standard InChI is InChI=1S/C28H34N2O6/c1-18-9-10-19(2)21(17-18)25(31)23-24(20-7-5-8-22(34-3)27(20)35-4)30(28(33)26(23)32)12-6-11-29-13-15-36-16-14-29/h5,7-10,17,32-33H,6,11-16H2,1-4H3. The van der Waals surface area contributed by atoms with Crippen LogP contribution in [0.15, 0.2) is 36.4 Å². The van der Waals surface area contributed by atoms with Crippen molar-refractivity contribution in [1.29, 1.82) is 0 Å². The Kier molecular flexibility index (Phi) is 7.86.